The Kier molecular flexibility index (Phi) is 5.48. The van der Waals surface area contributed by atoms with Crippen LogP contribution >= 0.6 is 0 Å². The highest BCUT2D eigenvalue weighted by Gasteiger charge is 2.26. The molecule has 2 aromatic carbocycles. The van der Waals surface area contributed by atoms with E-state index in [0.29, 0.717) is 5.75 Å². The molecule has 0 saturated carbocycles. The van der Waals surface area contributed by atoms with Crippen LogP contribution in [-0.4, -0.2) is 12.2 Å². The smallest absolute Gasteiger partial charge is 0.123 e. The minimum atomic E-state index is -0.121. The van der Waals surface area contributed by atoms with Crippen LogP contribution in [0.2, 0.25) is 0 Å². The maximum absolute atomic E-state index is 10.9. The second kappa shape index (κ2) is 7.09. The topological polar surface area (TPSA) is 41.5 Å². The van der Waals surface area contributed by atoms with E-state index >= 15 is 0 Å². The van der Waals surface area contributed by atoms with Crippen LogP contribution in [0.5, 0.6) is 5.75 Å². The Balaban J connectivity index is 2.55. The van der Waals surface area contributed by atoms with Gasteiger partial charge in [-0.25, -0.2) is 0 Å². The largest absolute Gasteiger partial charge is 0.507 e. The molecule has 0 aliphatic carbocycles. The number of benzene rings is 2. The minimum Gasteiger partial charge on any atom is -0.507 e. The first kappa shape index (κ1) is 19.3. The van der Waals surface area contributed by atoms with Crippen LogP contribution in [0, 0.1) is 0 Å². The molecule has 3 nitrogen and oxygen atoms in total. The van der Waals surface area contributed by atoms with Crippen molar-refractivity contribution in [1.29, 1.82) is 0 Å². The van der Waals surface area contributed by atoms with Gasteiger partial charge in [0.25, 0.3) is 0 Å². The summed E-state index contributed by atoms with van der Waals surface area (Å²) < 4.78 is 0. The van der Waals surface area contributed by atoms with Crippen LogP contribution in [0.15, 0.2) is 36.4 Å². The molecule has 0 fully saturated rings. The zero-order valence-corrected chi connectivity index (χ0v) is 16.5. The third kappa shape index (κ3) is 4.55. The zero-order valence-electron chi connectivity index (χ0n) is 16.5. The fraction of sp³-hybridized carbons (Fsp3) is 0.455. The lowest BCUT2D eigenvalue weighted by Gasteiger charge is -2.28. The maximum atomic E-state index is 10.9. The van der Waals surface area contributed by atoms with Gasteiger partial charge in [-0.3, -0.25) is 10.3 Å². The third-order valence-corrected chi connectivity index (χ3v) is 4.41. The van der Waals surface area contributed by atoms with Gasteiger partial charge in [-0.2, -0.15) is 0 Å². The quantitative estimate of drug-likeness (QED) is 0.716. The number of hydrogen-bond donors (Lipinski definition) is 2. The van der Waals surface area contributed by atoms with Crippen LogP contribution < -0.4 is 5.48 Å². The van der Waals surface area contributed by atoms with Gasteiger partial charge < -0.3 is 5.11 Å². The predicted octanol–water partition coefficient (Wildman–Crippen LogP) is 5.55. The molecule has 3 heteroatoms. The molecule has 2 N–H and O–H groups in total. The van der Waals surface area contributed by atoms with Crippen LogP contribution in [0.3, 0.4) is 0 Å². The van der Waals surface area contributed by atoms with E-state index in [0.717, 1.165) is 28.8 Å². The van der Waals surface area contributed by atoms with E-state index in [-0.39, 0.29) is 10.8 Å². The van der Waals surface area contributed by atoms with Crippen molar-refractivity contribution in [1.82, 2.24) is 0 Å². The Morgan fingerprint density at radius 1 is 0.920 bits per heavy atom. The molecule has 0 aromatic heterocycles. The first-order chi connectivity index (χ1) is 11.5. The van der Waals surface area contributed by atoms with Crippen molar-refractivity contribution in [2.24, 2.45) is 0 Å². The van der Waals surface area contributed by atoms with E-state index in [9.17, 15) is 5.11 Å². The number of phenols is 1. The first-order valence-corrected chi connectivity index (χ1v) is 8.78. The third-order valence-electron chi connectivity index (χ3n) is 4.41. The van der Waals surface area contributed by atoms with Crippen molar-refractivity contribution >= 4 is 5.69 Å². The molecule has 0 radical (unpaired) electrons. The highest BCUT2D eigenvalue weighted by molar-refractivity contribution is 5.54. The molecule has 0 bridgehead atoms. The highest BCUT2D eigenvalue weighted by atomic mass is 16.6. The monoisotopic (exact) mass is 341 g/mol. The summed E-state index contributed by atoms with van der Waals surface area (Å²) in [5.74, 6) is 0.423. The van der Waals surface area contributed by atoms with E-state index in [2.05, 4.69) is 65.2 Å². The average molecular weight is 341 g/mol. The first-order valence-electron chi connectivity index (χ1n) is 8.78. The lowest BCUT2D eigenvalue weighted by Crippen LogP contribution is -2.18. The number of aromatic hydroxyl groups is 1. The summed E-state index contributed by atoms with van der Waals surface area (Å²) in [6, 6.07) is 12.4. The summed E-state index contributed by atoms with van der Waals surface area (Å²) in [5.41, 5.74) is 8.01. The summed E-state index contributed by atoms with van der Waals surface area (Å²) in [5, 5.41) is 10.9. The molecule has 0 aliphatic heterocycles. The summed E-state index contributed by atoms with van der Waals surface area (Å²) >= 11 is 0. The van der Waals surface area contributed by atoms with Gasteiger partial charge in [0.15, 0.2) is 0 Å². The van der Waals surface area contributed by atoms with Crippen LogP contribution in [0.25, 0.3) is 0 Å². The van der Waals surface area contributed by atoms with Gasteiger partial charge in [-0.15, -0.1) is 0 Å². The van der Waals surface area contributed by atoms with Crippen LogP contribution in [0.1, 0.15) is 63.8 Å². The molecule has 2 aromatic rings. The van der Waals surface area contributed by atoms with Crippen LogP contribution in [-0.2, 0) is 22.1 Å². The number of nitrogens with one attached hydrogen (secondary N) is 1. The summed E-state index contributed by atoms with van der Waals surface area (Å²) in [4.78, 5) is 5.09. The molecule has 136 valence electrons. The van der Waals surface area contributed by atoms with Crippen molar-refractivity contribution in [3.05, 3.63) is 58.7 Å². The van der Waals surface area contributed by atoms with Crippen molar-refractivity contribution in [3.63, 3.8) is 0 Å². The normalized spacial score (nSPS) is 12.3. The Morgan fingerprint density at radius 2 is 1.44 bits per heavy atom. The number of hydrogen-bond acceptors (Lipinski definition) is 3. The number of rotatable bonds is 4. The molecule has 0 aliphatic rings. The van der Waals surface area contributed by atoms with Gasteiger partial charge in [0.2, 0.25) is 0 Å². The number of para-hydroxylation sites is 1. The van der Waals surface area contributed by atoms with E-state index in [4.69, 9.17) is 4.84 Å². The van der Waals surface area contributed by atoms with Gasteiger partial charge in [0.05, 0.1) is 12.8 Å². The second-order valence-electron chi connectivity index (χ2n) is 8.68. The zero-order chi connectivity index (χ0) is 18.8. The SMILES string of the molecule is CONc1ccccc1Cc1cc(C(C)(C)C)c(O)c(C(C)(C)C)c1. The Labute approximate surface area is 152 Å². The Hall–Kier alpha value is -2.00. The molecule has 0 atom stereocenters. The molecule has 0 unspecified atom stereocenters. The summed E-state index contributed by atoms with van der Waals surface area (Å²) in [7, 11) is 1.62. The molecular formula is C22H31NO2. The van der Waals surface area contributed by atoms with Crippen LogP contribution in [0.4, 0.5) is 5.69 Å². The predicted molar refractivity (Wildman–Crippen MR) is 105 cm³/mol. The van der Waals surface area contributed by atoms with Crippen molar-refractivity contribution in [2.45, 2.75) is 58.8 Å². The van der Waals surface area contributed by atoms with E-state index in [1.54, 1.807) is 7.11 Å². The van der Waals surface area contributed by atoms with Gasteiger partial charge >= 0.3 is 0 Å². The Morgan fingerprint density at radius 3 is 1.92 bits per heavy atom. The van der Waals surface area contributed by atoms with Crippen molar-refractivity contribution < 1.29 is 9.94 Å². The van der Waals surface area contributed by atoms with Gasteiger partial charge in [-0.05, 0) is 45.6 Å². The second-order valence-corrected chi connectivity index (χ2v) is 8.68. The molecule has 2 rings (SSSR count). The fourth-order valence-electron chi connectivity index (χ4n) is 3.04. The molecule has 25 heavy (non-hydrogen) atoms. The Bertz CT molecular complexity index is 701. The maximum Gasteiger partial charge on any atom is 0.123 e. The lowest BCUT2D eigenvalue weighted by molar-refractivity contribution is 0.270. The summed E-state index contributed by atoms with van der Waals surface area (Å²) in [6.07, 6.45) is 0.777. The molecular weight excluding hydrogens is 310 g/mol. The highest BCUT2D eigenvalue weighted by Crippen LogP contribution is 2.40. The minimum absolute atomic E-state index is 0.121. The fourth-order valence-corrected chi connectivity index (χ4v) is 3.04. The number of anilines is 1. The molecule has 0 heterocycles. The molecule has 0 spiro atoms. The standard InChI is InChI=1S/C22H31NO2/c1-21(2,3)17-13-15(14-18(20(17)24)22(4,5)6)12-16-10-8-9-11-19(16)23-25-7/h8-11,13-14,23-24H,12H2,1-7H3. The van der Waals surface area contributed by atoms with Crippen molar-refractivity contribution in [2.75, 3.05) is 12.6 Å². The van der Waals surface area contributed by atoms with Crippen molar-refractivity contribution in [3.8, 4) is 5.75 Å². The van der Waals surface area contributed by atoms with Gasteiger partial charge in [-0.1, -0.05) is 71.9 Å². The average Bonchev–Trinajstić information content (AvgIpc) is 2.48. The van der Waals surface area contributed by atoms with E-state index in [1.165, 1.54) is 5.56 Å². The number of phenolic OH excluding ortho intramolecular Hbond substituents is 1. The van der Waals surface area contributed by atoms with Gasteiger partial charge in [0.1, 0.15) is 5.75 Å². The lowest BCUT2D eigenvalue weighted by atomic mass is 9.78. The summed E-state index contributed by atoms with van der Waals surface area (Å²) in [6.45, 7) is 12.8. The van der Waals surface area contributed by atoms with Gasteiger partial charge in [0, 0.05) is 0 Å². The van der Waals surface area contributed by atoms with E-state index < -0.39 is 0 Å². The molecule has 0 saturated heterocycles. The van der Waals surface area contributed by atoms with E-state index in [1.807, 2.05) is 18.2 Å². The molecule has 0 amide bonds.